The van der Waals surface area contributed by atoms with Gasteiger partial charge in [-0.2, -0.15) is 0 Å². The van der Waals surface area contributed by atoms with Gasteiger partial charge in [0, 0.05) is 25.2 Å². The number of carbonyl (C=O) groups is 1. The largest absolute Gasteiger partial charge is 0.482 e. The number of likely N-dealkylation sites (tertiary alicyclic amines) is 1. The van der Waals surface area contributed by atoms with Gasteiger partial charge in [-0.25, -0.2) is 4.79 Å². The third-order valence-corrected chi connectivity index (χ3v) is 5.58. The Kier molecular flexibility index (Phi) is 6.34. The molecule has 6 nitrogen and oxygen atoms in total. The van der Waals surface area contributed by atoms with E-state index >= 15 is 0 Å². The number of β-amino-alcohol motifs (C(OH)–C–C–N with tert-alkyl or cyclic N) is 1. The maximum Gasteiger partial charge on any atom is 0.341 e. The molecule has 2 N–H and O–H groups in total. The molecule has 0 aromatic heterocycles. The van der Waals surface area contributed by atoms with Gasteiger partial charge in [0.15, 0.2) is 6.61 Å². The summed E-state index contributed by atoms with van der Waals surface area (Å²) in [5.41, 5.74) is 1.63. The van der Waals surface area contributed by atoms with Gasteiger partial charge in [-0.1, -0.05) is 48.5 Å². The topological polar surface area (TPSA) is 73.2 Å². The van der Waals surface area contributed by atoms with Crippen LogP contribution in [0.25, 0.3) is 0 Å². The summed E-state index contributed by atoms with van der Waals surface area (Å²) in [6.07, 6.45) is 0.245. The zero-order valence-electron chi connectivity index (χ0n) is 16.4. The van der Waals surface area contributed by atoms with E-state index in [0.717, 1.165) is 24.1 Å². The van der Waals surface area contributed by atoms with E-state index in [0.29, 0.717) is 18.8 Å². The molecule has 1 aliphatic rings. The van der Waals surface area contributed by atoms with E-state index in [-0.39, 0.29) is 6.61 Å². The van der Waals surface area contributed by atoms with E-state index < -0.39 is 17.6 Å². The highest BCUT2D eigenvalue weighted by molar-refractivity contribution is 5.68. The van der Waals surface area contributed by atoms with Gasteiger partial charge in [-0.3, -0.25) is 9.80 Å². The molecule has 3 rings (SSSR count). The lowest BCUT2D eigenvalue weighted by molar-refractivity contribution is -0.139. The summed E-state index contributed by atoms with van der Waals surface area (Å²) < 4.78 is 5.42. The van der Waals surface area contributed by atoms with Crippen molar-refractivity contribution < 1.29 is 19.7 Å². The van der Waals surface area contributed by atoms with Gasteiger partial charge in [-0.15, -0.1) is 0 Å². The predicted octanol–water partition coefficient (Wildman–Crippen LogP) is 2.17. The monoisotopic (exact) mass is 384 g/mol. The molecule has 0 bridgehead atoms. The van der Waals surface area contributed by atoms with Crippen LogP contribution in [0.2, 0.25) is 0 Å². The first kappa shape index (κ1) is 20.3. The zero-order valence-corrected chi connectivity index (χ0v) is 16.4. The van der Waals surface area contributed by atoms with Gasteiger partial charge < -0.3 is 14.9 Å². The van der Waals surface area contributed by atoms with Gasteiger partial charge in [0.1, 0.15) is 5.75 Å². The lowest BCUT2D eigenvalue weighted by atomic mass is 9.77. The fourth-order valence-corrected chi connectivity index (χ4v) is 4.12. The number of para-hydroxylation sites is 1. The Balaban J connectivity index is 1.75. The smallest absolute Gasteiger partial charge is 0.341 e. The molecule has 150 valence electrons. The van der Waals surface area contributed by atoms with Gasteiger partial charge >= 0.3 is 5.97 Å². The molecule has 1 saturated heterocycles. The second-order valence-electron chi connectivity index (χ2n) is 7.48. The number of hydrogen-bond acceptors (Lipinski definition) is 5. The minimum atomic E-state index is -0.998. The minimum absolute atomic E-state index is 0.364. The average Bonchev–Trinajstić information content (AvgIpc) is 2.68. The second kappa shape index (κ2) is 8.73. The number of carboxylic acids is 1. The number of ether oxygens (including phenoxy) is 1. The number of likely N-dealkylation sites (N-methyl/N-ethyl adjacent to an activating group) is 1. The highest BCUT2D eigenvalue weighted by Crippen LogP contribution is 2.38. The van der Waals surface area contributed by atoms with Gasteiger partial charge in [0.05, 0.1) is 11.6 Å². The third-order valence-electron chi connectivity index (χ3n) is 5.58. The normalized spacial score (nSPS) is 22.9. The molecule has 0 spiro atoms. The van der Waals surface area contributed by atoms with Crippen molar-refractivity contribution in [2.24, 2.45) is 0 Å². The quantitative estimate of drug-likeness (QED) is 0.762. The number of piperidine rings is 1. The van der Waals surface area contributed by atoms with Crippen molar-refractivity contribution in [1.29, 1.82) is 0 Å². The molecule has 1 heterocycles. The summed E-state index contributed by atoms with van der Waals surface area (Å²) in [7, 11) is 4.03. The number of aliphatic carboxylic acids is 1. The Bertz CT molecular complexity index is 796. The van der Waals surface area contributed by atoms with Crippen molar-refractivity contribution in [3.8, 4) is 5.75 Å². The van der Waals surface area contributed by atoms with Crippen molar-refractivity contribution in [1.82, 2.24) is 9.80 Å². The highest BCUT2D eigenvalue weighted by atomic mass is 16.5. The summed E-state index contributed by atoms with van der Waals surface area (Å²) in [4.78, 5) is 15.1. The fourth-order valence-electron chi connectivity index (χ4n) is 4.12. The number of benzene rings is 2. The van der Waals surface area contributed by atoms with Gasteiger partial charge in [0.25, 0.3) is 0 Å². The second-order valence-corrected chi connectivity index (χ2v) is 7.48. The molecule has 28 heavy (non-hydrogen) atoms. The molecule has 2 aromatic carbocycles. The van der Waals surface area contributed by atoms with Crippen LogP contribution >= 0.6 is 0 Å². The lowest BCUT2D eigenvalue weighted by Gasteiger charge is -2.50. The molecule has 0 amide bonds. The number of aliphatic hydroxyl groups is 1. The van der Waals surface area contributed by atoms with Gasteiger partial charge in [0.2, 0.25) is 0 Å². The molecular weight excluding hydrogens is 356 g/mol. The summed E-state index contributed by atoms with van der Waals surface area (Å²) in [6.45, 7) is 1.58. The Labute approximate surface area is 166 Å². The Morgan fingerprint density at radius 2 is 1.86 bits per heavy atom. The van der Waals surface area contributed by atoms with Crippen LogP contribution in [-0.4, -0.2) is 65.9 Å². The van der Waals surface area contributed by atoms with Crippen LogP contribution in [0.1, 0.15) is 17.5 Å². The summed E-state index contributed by atoms with van der Waals surface area (Å²) in [5.74, 6) is -0.422. The van der Waals surface area contributed by atoms with Crippen LogP contribution in [0, 0.1) is 0 Å². The van der Waals surface area contributed by atoms with Gasteiger partial charge in [-0.05, 0) is 32.1 Å². The standard InChI is InChI=1S/C22H28N2O4/c1-23(2)22(18-9-4-3-5-10-18)12-13-24(15-20(22)25)14-17-8-6-7-11-19(17)28-16-21(26)27/h3-11,20,25H,12-16H2,1-2H3,(H,26,27)/t20-,22+/m1/s1. The molecule has 0 unspecified atom stereocenters. The van der Waals surface area contributed by atoms with Crippen molar-refractivity contribution in [3.05, 3.63) is 65.7 Å². The molecule has 6 heteroatoms. The first-order chi connectivity index (χ1) is 13.4. The highest BCUT2D eigenvalue weighted by Gasteiger charge is 2.45. The molecule has 0 aliphatic carbocycles. The first-order valence-corrected chi connectivity index (χ1v) is 9.49. The van der Waals surface area contributed by atoms with E-state index in [1.54, 1.807) is 6.07 Å². The molecule has 1 aliphatic heterocycles. The zero-order chi connectivity index (χ0) is 20.1. The van der Waals surface area contributed by atoms with E-state index in [2.05, 4.69) is 21.9 Å². The van der Waals surface area contributed by atoms with Crippen LogP contribution in [0.3, 0.4) is 0 Å². The van der Waals surface area contributed by atoms with Crippen LogP contribution in [-0.2, 0) is 16.9 Å². The SMILES string of the molecule is CN(C)[C@]1(c2ccccc2)CCN(Cc2ccccc2OCC(=O)O)C[C@H]1O. The summed E-state index contributed by atoms with van der Waals surface area (Å²) in [5, 5.41) is 20.0. The van der Waals surface area contributed by atoms with Crippen LogP contribution in [0.15, 0.2) is 54.6 Å². The number of hydrogen-bond donors (Lipinski definition) is 2. The summed E-state index contributed by atoms with van der Waals surface area (Å²) >= 11 is 0. The van der Waals surface area contributed by atoms with Crippen molar-refractivity contribution >= 4 is 5.97 Å². The van der Waals surface area contributed by atoms with E-state index in [1.165, 1.54) is 0 Å². The molecule has 1 fully saturated rings. The number of carboxylic acid groups (broad SMARTS) is 1. The molecule has 2 atom stereocenters. The number of nitrogens with zero attached hydrogens (tertiary/aromatic N) is 2. The van der Waals surface area contributed by atoms with E-state index in [4.69, 9.17) is 9.84 Å². The van der Waals surface area contributed by atoms with Crippen molar-refractivity contribution in [2.45, 2.75) is 24.6 Å². The molecule has 2 aromatic rings. The lowest BCUT2D eigenvalue weighted by Crippen LogP contribution is -2.59. The van der Waals surface area contributed by atoms with Crippen LogP contribution < -0.4 is 4.74 Å². The average molecular weight is 384 g/mol. The Morgan fingerprint density at radius 3 is 2.50 bits per heavy atom. The van der Waals surface area contributed by atoms with Crippen LogP contribution in [0.4, 0.5) is 0 Å². The Morgan fingerprint density at radius 1 is 1.18 bits per heavy atom. The molecular formula is C22H28N2O4. The minimum Gasteiger partial charge on any atom is -0.482 e. The van der Waals surface area contributed by atoms with E-state index in [1.807, 2.05) is 50.5 Å². The maximum atomic E-state index is 11.1. The fraction of sp³-hybridized carbons (Fsp3) is 0.409. The summed E-state index contributed by atoms with van der Waals surface area (Å²) in [6, 6.07) is 17.6. The van der Waals surface area contributed by atoms with Crippen molar-refractivity contribution in [2.75, 3.05) is 33.8 Å². The number of rotatable bonds is 7. The first-order valence-electron chi connectivity index (χ1n) is 9.49. The number of aliphatic hydroxyl groups excluding tert-OH is 1. The third kappa shape index (κ3) is 4.19. The van der Waals surface area contributed by atoms with Crippen LogP contribution in [0.5, 0.6) is 5.75 Å². The Hall–Kier alpha value is -2.41. The van der Waals surface area contributed by atoms with Crippen molar-refractivity contribution in [3.63, 3.8) is 0 Å². The molecule has 0 radical (unpaired) electrons. The van der Waals surface area contributed by atoms with E-state index in [9.17, 15) is 9.90 Å². The predicted molar refractivity (Wildman–Crippen MR) is 107 cm³/mol. The maximum absolute atomic E-state index is 11.1. The molecule has 0 saturated carbocycles.